The number of hydrogen-bond donors (Lipinski definition) is 0. The zero-order valence-electron chi connectivity index (χ0n) is 6.44. The van der Waals surface area contributed by atoms with Crippen LogP contribution in [0.5, 0.6) is 0 Å². The lowest BCUT2D eigenvalue weighted by molar-refractivity contribution is -0.938. The van der Waals surface area contributed by atoms with E-state index in [2.05, 4.69) is 14.7 Å². The summed E-state index contributed by atoms with van der Waals surface area (Å²) < 4.78 is -0.0417. The van der Waals surface area contributed by atoms with E-state index in [9.17, 15) is 5.21 Å². The predicted octanol–water partition coefficient (Wildman–Crippen LogP) is -1.01. The van der Waals surface area contributed by atoms with Crippen LogP contribution in [0, 0.1) is 5.21 Å². The van der Waals surface area contributed by atoms with Crippen LogP contribution in [0.1, 0.15) is 0 Å². The van der Waals surface area contributed by atoms with Crippen LogP contribution in [0.4, 0.5) is 0 Å². The minimum atomic E-state index is -0.0417. The van der Waals surface area contributed by atoms with Gasteiger partial charge < -0.3 is 9.85 Å². The van der Waals surface area contributed by atoms with Gasteiger partial charge in [0.1, 0.15) is 20.0 Å². The molecule has 0 amide bonds. The lowest BCUT2D eigenvalue weighted by Gasteiger charge is -2.62. The van der Waals surface area contributed by atoms with E-state index in [0.717, 1.165) is 20.0 Å². The highest BCUT2D eigenvalue weighted by atomic mass is 16.6. The van der Waals surface area contributed by atoms with Crippen LogP contribution in [0.15, 0.2) is 0 Å². The topological polar surface area (TPSA) is 32.8 Å². The average molecular weight is 156 g/mol. The fourth-order valence-corrected chi connectivity index (χ4v) is 2.48. The van der Waals surface area contributed by atoms with Crippen molar-refractivity contribution in [2.24, 2.45) is 0 Å². The standard InChI is InChI=1S/C6H12N4O/c11-10-4-7-1-8(5-10)3-9(2-7)6-10/h1-6H2. The highest BCUT2D eigenvalue weighted by molar-refractivity contribution is 4.73. The second-order valence-electron chi connectivity index (χ2n) is 3.92. The third-order valence-electron chi connectivity index (χ3n) is 2.57. The maximum absolute atomic E-state index is 11.8. The molecule has 0 aromatic rings. The SMILES string of the molecule is [O-][N+]12CN3CN(CN(C3)C1)C2. The number of nitrogens with zero attached hydrogens (tertiary/aromatic N) is 4. The summed E-state index contributed by atoms with van der Waals surface area (Å²) in [6.07, 6.45) is 0. The molecule has 0 aromatic heterocycles. The predicted molar refractivity (Wildman–Crippen MR) is 38.3 cm³/mol. The maximum atomic E-state index is 11.8. The minimum Gasteiger partial charge on any atom is -0.630 e. The molecule has 5 heteroatoms. The Morgan fingerprint density at radius 1 is 0.818 bits per heavy atom. The molecule has 0 unspecified atom stereocenters. The van der Waals surface area contributed by atoms with Crippen molar-refractivity contribution in [2.75, 3.05) is 40.0 Å². The van der Waals surface area contributed by atoms with Gasteiger partial charge in [-0.2, -0.15) is 0 Å². The van der Waals surface area contributed by atoms with Crippen LogP contribution in [-0.4, -0.2) is 59.4 Å². The molecule has 4 aliphatic rings. The first-order valence-electron chi connectivity index (χ1n) is 3.98. The van der Waals surface area contributed by atoms with Crippen molar-refractivity contribution >= 4 is 0 Å². The van der Waals surface area contributed by atoms with Gasteiger partial charge in [0, 0.05) is 0 Å². The van der Waals surface area contributed by atoms with Gasteiger partial charge in [-0.25, -0.2) is 14.7 Å². The molecule has 0 aromatic carbocycles. The van der Waals surface area contributed by atoms with Crippen LogP contribution < -0.4 is 0 Å². The van der Waals surface area contributed by atoms with Gasteiger partial charge in [-0.05, 0) is 0 Å². The van der Waals surface area contributed by atoms with Gasteiger partial charge in [0.05, 0.1) is 20.0 Å². The monoisotopic (exact) mass is 156 g/mol. The lowest BCUT2D eigenvalue weighted by atomic mass is 10.4. The van der Waals surface area contributed by atoms with Crippen molar-refractivity contribution in [1.82, 2.24) is 14.7 Å². The average Bonchev–Trinajstić information content (AvgIpc) is 1.79. The second-order valence-corrected chi connectivity index (χ2v) is 3.92. The summed E-state index contributed by atoms with van der Waals surface area (Å²) in [6, 6.07) is 0. The van der Waals surface area contributed by atoms with E-state index in [0.29, 0.717) is 20.0 Å². The first kappa shape index (κ1) is 6.33. The Kier molecular flexibility index (Phi) is 1.01. The zero-order valence-corrected chi connectivity index (χ0v) is 6.44. The van der Waals surface area contributed by atoms with Crippen LogP contribution in [0.2, 0.25) is 0 Å². The molecule has 4 rings (SSSR count). The molecule has 62 valence electrons. The van der Waals surface area contributed by atoms with Crippen molar-refractivity contribution in [3.63, 3.8) is 0 Å². The van der Waals surface area contributed by atoms with E-state index in [4.69, 9.17) is 0 Å². The van der Waals surface area contributed by atoms with E-state index < -0.39 is 0 Å². The van der Waals surface area contributed by atoms with E-state index >= 15 is 0 Å². The minimum absolute atomic E-state index is 0.0417. The van der Waals surface area contributed by atoms with Crippen molar-refractivity contribution in [3.8, 4) is 0 Å². The Morgan fingerprint density at radius 2 is 1.18 bits per heavy atom. The smallest absolute Gasteiger partial charge is 0.138 e. The summed E-state index contributed by atoms with van der Waals surface area (Å²) in [5.74, 6) is 0. The van der Waals surface area contributed by atoms with Gasteiger partial charge in [0.25, 0.3) is 0 Å². The lowest BCUT2D eigenvalue weighted by Crippen LogP contribution is -2.77. The zero-order chi connectivity index (χ0) is 7.47. The number of rotatable bonds is 0. The Morgan fingerprint density at radius 3 is 1.45 bits per heavy atom. The van der Waals surface area contributed by atoms with E-state index in [1.54, 1.807) is 0 Å². The van der Waals surface area contributed by atoms with Gasteiger partial charge >= 0.3 is 0 Å². The molecule has 5 nitrogen and oxygen atoms in total. The quantitative estimate of drug-likeness (QED) is 0.332. The molecule has 4 aliphatic heterocycles. The normalized spacial score (nSPS) is 60.3. The summed E-state index contributed by atoms with van der Waals surface area (Å²) in [4.78, 5) is 6.64. The Hall–Kier alpha value is -0.200. The largest absolute Gasteiger partial charge is 0.630 e. The van der Waals surface area contributed by atoms with Crippen molar-refractivity contribution in [3.05, 3.63) is 5.21 Å². The summed E-state index contributed by atoms with van der Waals surface area (Å²) >= 11 is 0. The van der Waals surface area contributed by atoms with Crippen molar-refractivity contribution in [2.45, 2.75) is 0 Å². The Balaban J connectivity index is 1.94. The fraction of sp³-hybridized carbons (Fsp3) is 1.00. The molecular weight excluding hydrogens is 144 g/mol. The molecule has 0 aliphatic carbocycles. The van der Waals surface area contributed by atoms with Crippen LogP contribution in [0.3, 0.4) is 0 Å². The van der Waals surface area contributed by atoms with E-state index in [1.807, 2.05) is 0 Å². The fourth-order valence-electron chi connectivity index (χ4n) is 2.48. The summed E-state index contributed by atoms with van der Waals surface area (Å²) in [5.41, 5.74) is 0. The first-order valence-corrected chi connectivity index (χ1v) is 3.98. The van der Waals surface area contributed by atoms with Gasteiger partial charge in [-0.3, -0.25) is 0 Å². The highest BCUT2D eigenvalue weighted by Gasteiger charge is 2.43. The number of hydrogen-bond acceptors (Lipinski definition) is 4. The second kappa shape index (κ2) is 1.75. The van der Waals surface area contributed by atoms with E-state index in [-0.39, 0.29) is 4.65 Å². The summed E-state index contributed by atoms with van der Waals surface area (Å²) in [5, 5.41) is 11.8. The Bertz CT molecular complexity index is 160. The van der Waals surface area contributed by atoms with Crippen LogP contribution in [-0.2, 0) is 0 Å². The Labute approximate surface area is 65.5 Å². The van der Waals surface area contributed by atoms with Crippen LogP contribution >= 0.6 is 0 Å². The van der Waals surface area contributed by atoms with Gasteiger partial charge in [-0.15, -0.1) is 0 Å². The molecule has 0 N–H and O–H groups in total. The van der Waals surface area contributed by atoms with Crippen LogP contribution in [0.25, 0.3) is 0 Å². The van der Waals surface area contributed by atoms with Gasteiger partial charge in [-0.1, -0.05) is 0 Å². The molecule has 0 atom stereocenters. The van der Waals surface area contributed by atoms with Gasteiger partial charge in [0.2, 0.25) is 0 Å². The molecular formula is C6H12N4O. The molecule has 0 radical (unpaired) electrons. The highest BCUT2D eigenvalue weighted by Crippen LogP contribution is 2.26. The van der Waals surface area contributed by atoms with Crippen molar-refractivity contribution in [1.29, 1.82) is 0 Å². The summed E-state index contributed by atoms with van der Waals surface area (Å²) in [7, 11) is 0. The third-order valence-corrected chi connectivity index (χ3v) is 2.57. The third kappa shape index (κ3) is 0.830. The first-order chi connectivity index (χ1) is 5.23. The number of quaternary nitrogens is 1. The molecule has 4 fully saturated rings. The van der Waals surface area contributed by atoms with Crippen molar-refractivity contribution < 1.29 is 4.65 Å². The molecule has 4 heterocycles. The molecule has 0 saturated carbocycles. The van der Waals surface area contributed by atoms with Gasteiger partial charge in [0.15, 0.2) is 0 Å². The summed E-state index contributed by atoms with van der Waals surface area (Å²) in [6.45, 7) is 5.10. The maximum Gasteiger partial charge on any atom is 0.138 e. The number of hydroxylamine groups is 3. The molecule has 4 saturated heterocycles. The molecule has 0 spiro atoms. The van der Waals surface area contributed by atoms with E-state index in [1.165, 1.54) is 0 Å². The molecule has 11 heavy (non-hydrogen) atoms. The molecule has 4 bridgehead atoms.